The maximum absolute atomic E-state index is 5.23. The molecular weight excluding hydrogens is 116 g/mol. The Hall–Kier alpha value is -0.680. The molecule has 50 valence electrons. The van der Waals surface area contributed by atoms with Gasteiger partial charge in [-0.1, -0.05) is 6.42 Å². The molecule has 1 atom stereocenters. The van der Waals surface area contributed by atoms with Crippen LogP contribution >= 0.6 is 0 Å². The standard InChI is InChI=1S/C7H10O2/c1-2-8-6-7-4-3-5-9-7/h1,7H,3-6H2. The van der Waals surface area contributed by atoms with E-state index in [2.05, 4.69) is 6.11 Å². The summed E-state index contributed by atoms with van der Waals surface area (Å²) in [4.78, 5) is 0. The summed E-state index contributed by atoms with van der Waals surface area (Å²) < 4.78 is 9.95. The van der Waals surface area contributed by atoms with Gasteiger partial charge in [0.15, 0.2) is 0 Å². The summed E-state index contributed by atoms with van der Waals surface area (Å²) in [6, 6.07) is 0. The molecule has 0 amide bonds. The number of terminal acetylenes is 1. The maximum atomic E-state index is 5.23. The zero-order chi connectivity index (χ0) is 6.53. The van der Waals surface area contributed by atoms with Gasteiger partial charge in [-0.3, -0.25) is 0 Å². The van der Waals surface area contributed by atoms with Gasteiger partial charge in [0.25, 0.3) is 0 Å². The molecule has 0 radical (unpaired) electrons. The van der Waals surface area contributed by atoms with E-state index in [0.29, 0.717) is 6.61 Å². The van der Waals surface area contributed by atoms with Crippen molar-refractivity contribution in [2.24, 2.45) is 0 Å². The molecule has 1 heterocycles. The van der Waals surface area contributed by atoms with Crippen molar-refractivity contribution in [3.8, 4) is 12.5 Å². The second kappa shape index (κ2) is 3.37. The molecule has 0 spiro atoms. The number of hydrogen-bond donors (Lipinski definition) is 0. The fourth-order valence-electron chi connectivity index (χ4n) is 0.917. The predicted octanol–water partition coefficient (Wildman–Crippen LogP) is 0.773. The van der Waals surface area contributed by atoms with Crippen LogP contribution < -0.4 is 0 Å². The number of rotatable bonds is 2. The van der Waals surface area contributed by atoms with Crippen LogP contribution in [-0.2, 0) is 9.47 Å². The molecule has 1 fully saturated rings. The summed E-state index contributed by atoms with van der Waals surface area (Å²) in [5.74, 6) is 0. The van der Waals surface area contributed by atoms with Gasteiger partial charge in [-0.15, -0.1) is 0 Å². The highest BCUT2D eigenvalue weighted by Crippen LogP contribution is 2.11. The third-order valence-corrected chi connectivity index (χ3v) is 1.38. The molecule has 2 nitrogen and oxygen atoms in total. The van der Waals surface area contributed by atoms with Crippen LogP contribution in [0.4, 0.5) is 0 Å². The van der Waals surface area contributed by atoms with Crippen molar-refractivity contribution in [3.05, 3.63) is 0 Å². The van der Waals surface area contributed by atoms with E-state index in [1.54, 1.807) is 0 Å². The van der Waals surface area contributed by atoms with E-state index in [0.717, 1.165) is 19.4 Å². The van der Waals surface area contributed by atoms with Crippen LogP contribution in [-0.4, -0.2) is 19.3 Å². The molecule has 1 aliphatic heterocycles. The summed E-state index contributed by atoms with van der Waals surface area (Å²) in [5, 5.41) is 0. The molecule has 0 bridgehead atoms. The van der Waals surface area contributed by atoms with Gasteiger partial charge in [-0.25, -0.2) is 0 Å². The molecule has 0 N–H and O–H groups in total. The number of ether oxygens (including phenoxy) is 2. The minimum absolute atomic E-state index is 0.251. The Kier molecular flexibility index (Phi) is 2.41. The lowest BCUT2D eigenvalue weighted by Crippen LogP contribution is -2.11. The van der Waals surface area contributed by atoms with Gasteiger partial charge in [-0.2, -0.15) is 0 Å². The van der Waals surface area contributed by atoms with E-state index in [1.807, 2.05) is 0 Å². The molecule has 0 aromatic heterocycles. The van der Waals surface area contributed by atoms with Gasteiger partial charge in [0.05, 0.1) is 6.10 Å². The predicted molar refractivity (Wildman–Crippen MR) is 33.8 cm³/mol. The van der Waals surface area contributed by atoms with Gasteiger partial charge < -0.3 is 9.47 Å². The molecule has 0 saturated carbocycles. The van der Waals surface area contributed by atoms with Crippen LogP contribution in [0.3, 0.4) is 0 Å². The van der Waals surface area contributed by atoms with Crippen molar-refractivity contribution in [1.82, 2.24) is 0 Å². The Balaban J connectivity index is 2.06. The third-order valence-electron chi connectivity index (χ3n) is 1.38. The molecule has 9 heavy (non-hydrogen) atoms. The van der Waals surface area contributed by atoms with Crippen LogP contribution in [0.5, 0.6) is 0 Å². The van der Waals surface area contributed by atoms with E-state index in [9.17, 15) is 0 Å². The molecule has 1 saturated heterocycles. The Morgan fingerprint density at radius 1 is 1.78 bits per heavy atom. The van der Waals surface area contributed by atoms with Crippen LogP contribution in [0, 0.1) is 12.5 Å². The zero-order valence-corrected chi connectivity index (χ0v) is 5.30. The highest BCUT2D eigenvalue weighted by atomic mass is 16.5. The molecule has 1 rings (SSSR count). The average Bonchev–Trinajstić information content (AvgIpc) is 2.34. The molecule has 2 heteroatoms. The zero-order valence-electron chi connectivity index (χ0n) is 5.30. The van der Waals surface area contributed by atoms with Crippen LogP contribution in [0.25, 0.3) is 0 Å². The van der Waals surface area contributed by atoms with Gasteiger partial charge in [-0.05, 0) is 12.8 Å². The molecule has 0 aromatic carbocycles. The first-order chi connectivity index (χ1) is 4.43. The summed E-state index contributed by atoms with van der Waals surface area (Å²) in [5.41, 5.74) is 0. The Labute approximate surface area is 55.1 Å². The smallest absolute Gasteiger partial charge is 0.126 e. The summed E-state index contributed by atoms with van der Waals surface area (Å²) >= 11 is 0. The van der Waals surface area contributed by atoms with Gasteiger partial charge in [0.1, 0.15) is 12.7 Å². The first kappa shape index (κ1) is 6.44. The molecule has 1 aliphatic rings. The second-order valence-electron chi connectivity index (χ2n) is 2.06. The van der Waals surface area contributed by atoms with Crippen molar-refractivity contribution in [1.29, 1.82) is 0 Å². The first-order valence-electron chi connectivity index (χ1n) is 3.12. The average molecular weight is 126 g/mol. The van der Waals surface area contributed by atoms with Gasteiger partial charge in [0.2, 0.25) is 0 Å². The van der Waals surface area contributed by atoms with E-state index >= 15 is 0 Å². The minimum atomic E-state index is 0.251. The van der Waals surface area contributed by atoms with Crippen molar-refractivity contribution in [2.75, 3.05) is 13.2 Å². The van der Waals surface area contributed by atoms with E-state index in [-0.39, 0.29) is 6.10 Å². The summed E-state index contributed by atoms with van der Waals surface area (Å²) in [6.45, 7) is 1.41. The second-order valence-corrected chi connectivity index (χ2v) is 2.06. The topological polar surface area (TPSA) is 18.5 Å². The van der Waals surface area contributed by atoms with Crippen molar-refractivity contribution in [3.63, 3.8) is 0 Å². The van der Waals surface area contributed by atoms with Crippen LogP contribution in [0.15, 0.2) is 0 Å². The van der Waals surface area contributed by atoms with Crippen LogP contribution in [0.1, 0.15) is 12.8 Å². The van der Waals surface area contributed by atoms with Crippen LogP contribution in [0.2, 0.25) is 0 Å². The highest BCUT2D eigenvalue weighted by Gasteiger charge is 2.14. The minimum Gasteiger partial charge on any atom is -0.444 e. The normalized spacial score (nSPS) is 25.4. The highest BCUT2D eigenvalue weighted by molar-refractivity contribution is 4.71. The summed E-state index contributed by atoms with van der Waals surface area (Å²) in [7, 11) is 0. The van der Waals surface area contributed by atoms with E-state index in [1.165, 1.54) is 0 Å². The van der Waals surface area contributed by atoms with Crippen molar-refractivity contribution < 1.29 is 9.47 Å². The lowest BCUT2D eigenvalue weighted by atomic mass is 10.2. The first-order valence-corrected chi connectivity index (χ1v) is 3.12. The Morgan fingerprint density at radius 2 is 2.67 bits per heavy atom. The third kappa shape index (κ3) is 1.95. The Morgan fingerprint density at radius 3 is 3.22 bits per heavy atom. The lowest BCUT2D eigenvalue weighted by molar-refractivity contribution is 0.0582. The monoisotopic (exact) mass is 126 g/mol. The Bertz CT molecular complexity index is 109. The number of hydrogen-bond acceptors (Lipinski definition) is 2. The van der Waals surface area contributed by atoms with Gasteiger partial charge >= 0.3 is 0 Å². The summed E-state index contributed by atoms with van der Waals surface area (Å²) in [6.07, 6.45) is 9.47. The van der Waals surface area contributed by atoms with E-state index in [4.69, 9.17) is 15.9 Å². The molecule has 1 unspecified atom stereocenters. The lowest BCUT2D eigenvalue weighted by Gasteiger charge is -2.04. The van der Waals surface area contributed by atoms with E-state index < -0.39 is 0 Å². The maximum Gasteiger partial charge on any atom is 0.126 e. The van der Waals surface area contributed by atoms with Crippen molar-refractivity contribution >= 4 is 0 Å². The van der Waals surface area contributed by atoms with Gasteiger partial charge in [0, 0.05) is 6.61 Å². The van der Waals surface area contributed by atoms with Crippen molar-refractivity contribution in [2.45, 2.75) is 18.9 Å². The quantitative estimate of drug-likeness (QED) is 0.509. The largest absolute Gasteiger partial charge is 0.444 e. The fourth-order valence-corrected chi connectivity index (χ4v) is 0.917. The molecule has 0 aromatic rings. The molecular formula is C7H10O2. The fraction of sp³-hybridized carbons (Fsp3) is 0.714. The SMILES string of the molecule is C#COCC1CCCO1. The molecule has 0 aliphatic carbocycles.